The van der Waals surface area contributed by atoms with E-state index in [9.17, 15) is 4.79 Å². The summed E-state index contributed by atoms with van der Waals surface area (Å²) in [5.41, 5.74) is 0. The molecule has 0 bridgehead atoms. The fourth-order valence-electron chi connectivity index (χ4n) is 2.19. The van der Waals surface area contributed by atoms with E-state index in [1.807, 2.05) is 20.8 Å². The average molecular weight is 287 g/mol. The van der Waals surface area contributed by atoms with Crippen LogP contribution in [0.3, 0.4) is 0 Å². The lowest BCUT2D eigenvalue weighted by atomic mass is 9.93. The third-order valence-electron chi connectivity index (χ3n) is 3.01. The second-order valence-corrected chi connectivity index (χ2v) is 5.00. The Bertz CT molecular complexity index is 199. The van der Waals surface area contributed by atoms with Gasteiger partial charge in [0.1, 0.15) is 0 Å². The fraction of sp³-hybridized carbons (Fsp3) is 0.941. The molecule has 1 heterocycles. The maximum absolute atomic E-state index is 11.3. The molecule has 1 fully saturated rings. The Hall–Kier alpha value is -0.570. The van der Waals surface area contributed by atoms with Crippen molar-refractivity contribution in [2.24, 2.45) is 5.92 Å². The van der Waals surface area contributed by atoms with Crippen molar-refractivity contribution in [1.29, 1.82) is 0 Å². The fourth-order valence-corrected chi connectivity index (χ4v) is 2.19. The highest BCUT2D eigenvalue weighted by Gasteiger charge is 2.21. The quantitative estimate of drug-likeness (QED) is 0.697. The summed E-state index contributed by atoms with van der Waals surface area (Å²) in [6.07, 6.45) is 5.40. The van der Waals surface area contributed by atoms with Crippen molar-refractivity contribution in [3.05, 3.63) is 0 Å². The van der Waals surface area contributed by atoms with Gasteiger partial charge in [0, 0.05) is 6.42 Å². The minimum absolute atomic E-state index is 0.0218. The number of carbonyl (C=O) groups is 1. The number of nitrogens with zero attached hydrogens (tertiary/aromatic N) is 1. The summed E-state index contributed by atoms with van der Waals surface area (Å²) in [4.78, 5) is 13.8. The van der Waals surface area contributed by atoms with Gasteiger partial charge in [-0.2, -0.15) is 0 Å². The Balaban J connectivity index is 0. The van der Waals surface area contributed by atoms with Crippen molar-refractivity contribution in [1.82, 2.24) is 4.90 Å². The van der Waals surface area contributed by atoms with Crippen LogP contribution in [0.4, 0.5) is 0 Å². The van der Waals surface area contributed by atoms with E-state index in [4.69, 9.17) is 4.74 Å². The minimum Gasteiger partial charge on any atom is -0.466 e. The van der Waals surface area contributed by atoms with Gasteiger partial charge in [0.05, 0.1) is 6.61 Å². The van der Waals surface area contributed by atoms with Gasteiger partial charge in [-0.25, -0.2) is 0 Å². The minimum atomic E-state index is -0.0218. The van der Waals surface area contributed by atoms with Crippen LogP contribution in [0.2, 0.25) is 0 Å². The Morgan fingerprint density at radius 1 is 1.10 bits per heavy atom. The molecule has 1 aliphatic heterocycles. The molecule has 20 heavy (non-hydrogen) atoms. The summed E-state index contributed by atoms with van der Waals surface area (Å²) in [6, 6.07) is 0. The molecule has 3 nitrogen and oxygen atoms in total. The van der Waals surface area contributed by atoms with Gasteiger partial charge in [0.15, 0.2) is 0 Å². The molecule has 0 N–H and O–H groups in total. The number of ether oxygens (including phenoxy) is 1. The van der Waals surface area contributed by atoms with Crippen LogP contribution in [0.5, 0.6) is 0 Å². The normalized spacial score (nSPS) is 15.5. The number of hydrogen-bond acceptors (Lipinski definition) is 3. The first-order valence-corrected chi connectivity index (χ1v) is 8.55. The van der Waals surface area contributed by atoms with E-state index in [2.05, 4.69) is 25.7 Å². The molecule has 0 spiro atoms. The van der Waals surface area contributed by atoms with Crippen LogP contribution < -0.4 is 0 Å². The molecule has 1 rings (SSSR count). The maximum Gasteiger partial charge on any atom is 0.306 e. The highest BCUT2D eigenvalue weighted by atomic mass is 16.5. The molecule has 1 saturated heterocycles. The van der Waals surface area contributed by atoms with E-state index in [1.54, 1.807) is 0 Å². The van der Waals surface area contributed by atoms with Crippen LogP contribution in [-0.4, -0.2) is 37.1 Å². The summed E-state index contributed by atoms with van der Waals surface area (Å²) in [6.45, 7) is 16.3. The third kappa shape index (κ3) is 12.5. The number of rotatable bonds is 5. The van der Waals surface area contributed by atoms with Crippen molar-refractivity contribution >= 4 is 5.97 Å². The van der Waals surface area contributed by atoms with Gasteiger partial charge < -0.3 is 9.64 Å². The summed E-state index contributed by atoms with van der Waals surface area (Å²) in [5.74, 6) is 0.531. The van der Waals surface area contributed by atoms with E-state index in [-0.39, 0.29) is 5.97 Å². The van der Waals surface area contributed by atoms with Crippen molar-refractivity contribution in [2.45, 2.75) is 73.6 Å². The Labute approximate surface area is 127 Å². The molecular formula is C17H37NO2. The lowest BCUT2D eigenvalue weighted by Crippen LogP contribution is -2.34. The monoisotopic (exact) mass is 287 g/mol. The predicted molar refractivity (Wildman–Crippen MR) is 88.0 cm³/mol. The molecule has 1 aliphatic rings. The molecule has 0 amide bonds. The Kier molecular flexibility index (Phi) is 17.9. The highest BCUT2D eigenvalue weighted by Crippen LogP contribution is 2.20. The number of esters is 1. The molecule has 0 saturated carbocycles. The number of likely N-dealkylation sites (tertiary alicyclic amines) is 1. The van der Waals surface area contributed by atoms with Crippen LogP contribution in [-0.2, 0) is 9.53 Å². The summed E-state index contributed by atoms with van der Waals surface area (Å²) >= 11 is 0. The van der Waals surface area contributed by atoms with Gasteiger partial charge in [0.25, 0.3) is 0 Å². The average Bonchev–Trinajstić information content (AvgIpc) is 2.45. The number of carbonyl (C=O) groups excluding carboxylic acids is 1. The van der Waals surface area contributed by atoms with Gasteiger partial charge in [-0.05, 0) is 51.7 Å². The molecule has 0 unspecified atom stereocenters. The highest BCUT2D eigenvalue weighted by molar-refractivity contribution is 5.69. The van der Waals surface area contributed by atoms with Crippen molar-refractivity contribution < 1.29 is 9.53 Å². The van der Waals surface area contributed by atoms with E-state index < -0.39 is 0 Å². The molecule has 0 aliphatic carbocycles. The van der Waals surface area contributed by atoms with E-state index in [0.717, 1.165) is 25.9 Å². The van der Waals surface area contributed by atoms with Crippen LogP contribution in [0.15, 0.2) is 0 Å². The van der Waals surface area contributed by atoms with E-state index in [1.165, 1.54) is 19.4 Å². The van der Waals surface area contributed by atoms with E-state index >= 15 is 0 Å². The zero-order chi connectivity index (χ0) is 15.8. The first-order valence-electron chi connectivity index (χ1n) is 8.55. The van der Waals surface area contributed by atoms with Crippen LogP contribution >= 0.6 is 0 Å². The number of piperidine rings is 1. The molecule has 3 heteroatoms. The lowest BCUT2D eigenvalue weighted by Gasteiger charge is -2.31. The van der Waals surface area contributed by atoms with Gasteiger partial charge in [-0.3, -0.25) is 4.79 Å². The molecule has 0 aromatic rings. The SMILES string of the molecule is CC.CCC.CCCN1CCC(CC(=O)OCC)CC1. The molecule has 0 radical (unpaired) electrons. The smallest absolute Gasteiger partial charge is 0.306 e. The van der Waals surface area contributed by atoms with Crippen molar-refractivity contribution in [3.63, 3.8) is 0 Å². The first kappa shape index (κ1) is 21.7. The van der Waals surface area contributed by atoms with E-state index in [0.29, 0.717) is 18.9 Å². The molecule has 122 valence electrons. The van der Waals surface area contributed by atoms with Crippen LogP contribution in [0.1, 0.15) is 73.6 Å². The second-order valence-electron chi connectivity index (χ2n) is 5.00. The molecular weight excluding hydrogens is 250 g/mol. The largest absolute Gasteiger partial charge is 0.466 e. The molecule has 0 atom stereocenters. The standard InChI is InChI=1S/C12H23NO2.C3H8.C2H6/c1-3-7-13-8-5-11(6-9-13)10-12(14)15-4-2;1-3-2;1-2/h11H,3-10H2,1-2H3;3H2,1-2H3;1-2H3. The zero-order valence-corrected chi connectivity index (χ0v) is 14.7. The first-order chi connectivity index (χ1) is 9.67. The van der Waals surface area contributed by atoms with Gasteiger partial charge in [0.2, 0.25) is 0 Å². The lowest BCUT2D eigenvalue weighted by molar-refractivity contribution is -0.144. The van der Waals surface area contributed by atoms with Crippen molar-refractivity contribution in [2.75, 3.05) is 26.2 Å². The predicted octanol–water partition coefficient (Wildman–Crippen LogP) is 4.50. The van der Waals surface area contributed by atoms with Crippen LogP contribution in [0.25, 0.3) is 0 Å². The van der Waals surface area contributed by atoms with Crippen molar-refractivity contribution in [3.8, 4) is 0 Å². The Morgan fingerprint density at radius 3 is 2.00 bits per heavy atom. The van der Waals surface area contributed by atoms with Gasteiger partial charge in [-0.15, -0.1) is 0 Å². The molecule has 0 aromatic heterocycles. The third-order valence-corrected chi connectivity index (χ3v) is 3.01. The number of hydrogen-bond donors (Lipinski definition) is 0. The topological polar surface area (TPSA) is 29.5 Å². The summed E-state index contributed by atoms with van der Waals surface area (Å²) in [5, 5.41) is 0. The molecule has 0 aromatic carbocycles. The maximum atomic E-state index is 11.3. The summed E-state index contributed by atoms with van der Waals surface area (Å²) < 4.78 is 4.97. The summed E-state index contributed by atoms with van der Waals surface area (Å²) in [7, 11) is 0. The Morgan fingerprint density at radius 2 is 1.60 bits per heavy atom. The van der Waals surface area contributed by atoms with Crippen LogP contribution in [0, 0.1) is 5.92 Å². The van der Waals surface area contributed by atoms with Gasteiger partial charge >= 0.3 is 5.97 Å². The second kappa shape index (κ2) is 16.5. The van der Waals surface area contributed by atoms with Gasteiger partial charge in [-0.1, -0.05) is 41.0 Å². The zero-order valence-electron chi connectivity index (χ0n) is 14.7.